The van der Waals surface area contributed by atoms with E-state index in [0.29, 0.717) is 22.6 Å². The van der Waals surface area contributed by atoms with Crippen LogP contribution in [0.1, 0.15) is 50.4 Å². The quantitative estimate of drug-likeness (QED) is 0.271. The van der Waals surface area contributed by atoms with Crippen LogP contribution in [-0.2, 0) is 27.6 Å². The molecule has 0 saturated carbocycles. The predicted molar refractivity (Wildman–Crippen MR) is 144 cm³/mol. The molecule has 0 aliphatic heterocycles. The van der Waals surface area contributed by atoms with Crippen LogP contribution in [0, 0.1) is 5.41 Å². The number of nitrogens with zero attached hydrogens (tertiary/aromatic N) is 1. The lowest BCUT2D eigenvalue weighted by Crippen LogP contribution is -2.28. The van der Waals surface area contributed by atoms with Crippen molar-refractivity contribution < 1.29 is 18.3 Å². The molecule has 1 N–H and O–H groups in total. The van der Waals surface area contributed by atoms with E-state index < -0.39 is 21.2 Å². The Morgan fingerprint density at radius 2 is 1.64 bits per heavy atom. The second-order valence-corrected chi connectivity index (χ2v) is 12.4. The van der Waals surface area contributed by atoms with Crippen LogP contribution in [0.5, 0.6) is 0 Å². The smallest absolute Gasteiger partial charge is 0.309 e. The highest BCUT2D eigenvalue weighted by atomic mass is 35.5. The summed E-state index contributed by atoms with van der Waals surface area (Å²) >= 11 is 6.49. The third kappa shape index (κ3) is 4.80. The van der Waals surface area contributed by atoms with Crippen LogP contribution in [0.3, 0.4) is 0 Å². The Bertz CT molecular complexity index is 1540. The van der Waals surface area contributed by atoms with Gasteiger partial charge in [0.05, 0.1) is 10.3 Å². The van der Waals surface area contributed by atoms with Crippen molar-refractivity contribution >= 4 is 38.3 Å². The number of carbonyl (C=O) groups is 1. The van der Waals surface area contributed by atoms with Crippen molar-refractivity contribution in [3.05, 3.63) is 94.6 Å². The minimum atomic E-state index is -3.97. The summed E-state index contributed by atoms with van der Waals surface area (Å²) in [6, 6.07) is 21.6. The number of fused-ring (bicyclic) bond motifs is 1. The molecule has 0 unspecified atom stereocenters. The average molecular weight is 524 g/mol. The van der Waals surface area contributed by atoms with E-state index in [1.807, 2.05) is 41.0 Å². The number of aliphatic carboxylic acids is 1. The standard InChI is InChI=1S/C29H30ClNO4S/c1-19(2)20-14-15-25-23(16-20)27(36(34,35)22-11-6-5-7-12-22)26(17-29(3,4)28(32)33)31(25)18-21-10-8-9-13-24(21)30/h5-16,19H,17-18H2,1-4H3,(H,32,33). The van der Waals surface area contributed by atoms with Gasteiger partial charge in [0.15, 0.2) is 0 Å². The van der Waals surface area contributed by atoms with E-state index in [-0.39, 0.29) is 22.1 Å². The first-order valence-electron chi connectivity index (χ1n) is 11.9. The average Bonchev–Trinajstić information content (AvgIpc) is 3.13. The van der Waals surface area contributed by atoms with E-state index in [4.69, 9.17) is 11.6 Å². The Balaban J connectivity index is 2.12. The number of halogens is 1. The first kappa shape index (κ1) is 26.0. The highest BCUT2D eigenvalue weighted by molar-refractivity contribution is 7.91. The molecule has 0 aliphatic carbocycles. The van der Waals surface area contributed by atoms with Crippen molar-refractivity contribution in [2.75, 3.05) is 0 Å². The molecule has 5 nitrogen and oxygen atoms in total. The molecular formula is C29H30ClNO4S. The summed E-state index contributed by atoms with van der Waals surface area (Å²) < 4.78 is 30.2. The summed E-state index contributed by atoms with van der Waals surface area (Å²) in [5.41, 5.74) is 1.81. The predicted octanol–water partition coefficient (Wildman–Crippen LogP) is 6.95. The summed E-state index contributed by atoms with van der Waals surface area (Å²) in [5.74, 6) is -0.810. The van der Waals surface area contributed by atoms with E-state index in [1.54, 1.807) is 50.2 Å². The first-order valence-corrected chi connectivity index (χ1v) is 13.7. The van der Waals surface area contributed by atoms with Gasteiger partial charge in [-0.25, -0.2) is 8.42 Å². The lowest BCUT2D eigenvalue weighted by Gasteiger charge is -2.22. The van der Waals surface area contributed by atoms with Gasteiger partial charge in [0.2, 0.25) is 9.84 Å². The van der Waals surface area contributed by atoms with Gasteiger partial charge in [-0.15, -0.1) is 0 Å². The lowest BCUT2D eigenvalue weighted by atomic mass is 9.88. The highest BCUT2D eigenvalue weighted by Crippen LogP contribution is 2.39. The van der Waals surface area contributed by atoms with Crippen molar-refractivity contribution in [1.82, 2.24) is 4.57 Å². The first-order chi connectivity index (χ1) is 16.9. The van der Waals surface area contributed by atoms with Crippen LogP contribution in [0.2, 0.25) is 5.02 Å². The van der Waals surface area contributed by atoms with Gasteiger partial charge in [-0.05, 0) is 61.2 Å². The van der Waals surface area contributed by atoms with E-state index in [9.17, 15) is 18.3 Å². The van der Waals surface area contributed by atoms with E-state index in [0.717, 1.165) is 16.6 Å². The molecule has 0 radical (unpaired) electrons. The zero-order chi connectivity index (χ0) is 26.3. The van der Waals surface area contributed by atoms with Gasteiger partial charge in [-0.3, -0.25) is 4.79 Å². The van der Waals surface area contributed by atoms with Crippen molar-refractivity contribution in [1.29, 1.82) is 0 Å². The normalized spacial score (nSPS) is 12.4. The van der Waals surface area contributed by atoms with Gasteiger partial charge in [-0.2, -0.15) is 0 Å². The Labute approximate surface area is 217 Å². The van der Waals surface area contributed by atoms with Crippen LogP contribution >= 0.6 is 11.6 Å². The summed E-state index contributed by atoms with van der Waals surface area (Å²) in [5, 5.41) is 11.1. The summed E-state index contributed by atoms with van der Waals surface area (Å²) in [6.45, 7) is 7.66. The molecule has 0 atom stereocenters. The molecular weight excluding hydrogens is 494 g/mol. The molecule has 0 amide bonds. The molecule has 3 aromatic carbocycles. The van der Waals surface area contributed by atoms with Gasteiger partial charge < -0.3 is 9.67 Å². The summed E-state index contributed by atoms with van der Waals surface area (Å²) in [4.78, 5) is 12.5. The Hall–Kier alpha value is -3.09. The largest absolute Gasteiger partial charge is 0.481 e. The Morgan fingerprint density at radius 1 is 1.00 bits per heavy atom. The van der Waals surface area contributed by atoms with Crippen LogP contribution < -0.4 is 0 Å². The number of carboxylic acids is 1. The molecule has 7 heteroatoms. The molecule has 0 bridgehead atoms. The number of rotatable bonds is 8. The van der Waals surface area contributed by atoms with Crippen LogP contribution in [0.15, 0.2) is 82.6 Å². The van der Waals surface area contributed by atoms with Crippen LogP contribution in [0.4, 0.5) is 0 Å². The summed E-state index contributed by atoms with van der Waals surface area (Å²) in [6.07, 6.45) is 0.0277. The molecule has 1 aromatic heterocycles. The Morgan fingerprint density at radius 3 is 2.25 bits per heavy atom. The maximum atomic E-state index is 14.2. The fourth-order valence-electron chi connectivity index (χ4n) is 4.42. The van der Waals surface area contributed by atoms with Crippen molar-refractivity contribution in [2.45, 2.75) is 56.4 Å². The molecule has 0 spiro atoms. The third-order valence-corrected chi connectivity index (χ3v) is 8.86. The van der Waals surface area contributed by atoms with Gasteiger partial charge in [-0.1, -0.05) is 67.9 Å². The van der Waals surface area contributed by atoms with Gasteiger partial charge in [0.25, 0.3) is 0 Å². The number of hydrogen-bond donors (Lipinski definition) is 1. The maximum Gasteiger partial charge on any atom is 0.309 e. The monoisotopic (exact) mass is 523 g/mol. The zero-order valence-corrected chi connectivity index (χ0v) is 22.4. The minimum Gasteiger partial charge on any atom is -0.481 e. The molecule has 1 heterocycles. The number of carboxylic acid groups (broad SMARTS) is 1. The van der Waals surface area contributed by atoms with Crippen molar-refractivity contribution in [3.63, 3.8) is 0 Å². The Kier molecular flexibility index (Phi) is 7.04. The molecule has 36 heavy (non-hydrogen) atoms. The fraction of sp³-hybridized carbons (Fsp3) is 0.276. The van der Waals surface area contributed by atoms with E-state index >= 15 is 0 Å². The van der Waals surface area contributed by atoms with Crippen molar-refractivity contribution in [3.8, 4) is 0 Å². The molecule has 188 valence electrons. The highest BCUT2D eigenvalue weighted by Gasteiger charge is 2.35. The topological polar surface area (TPSA) is 76.4 Å². The second-order valence-electron chi connectivity index (χ2n) is 10.1. The van der Waals surface area contributed by atoms with E-state index in [1.165, 1.54) is 0 Å². The van der Waals surface area contributed by atoms with Crippen LogP contribution in [0.25, 0.3) is 10.9 Å². The number of benzene rings is 3. The van der Waals surface area contributed by atoms with Gasteiger partial charge in [0, 0.05) is 34.6 Å². The minimum absolute atomic E-state index is 0.0277. The zero-order valence-electron chi connectivity index (χ0n) is 20.8. The van der Waals surface area contributed by atoms with Gasteiger partial charge in [0.1, 0.15) is 4.90 Å². The third-order valence-electron chi connectivity index (χ3n) is 6.61. The van der Waals surface area contributed by atoms with Crippen molar-refractivity contribution in [2.24, 2.45) is 5.41 Å². The second kappa shape index (κ2) is 9.75. The molecule has 0 saturated heterocycles. The maximum absolute atomic E-state index is 14.2. The fourth-order valence-corrected chi connectivity index (χ4v) is 6.31. The van der Waals surface area contributed by atoms with Crippen LogP contribution in [-0.4, -0.2) is 24.1 Å². The molecule has 0 aliphatic rings. The number of hydrogen-bond acceptors (Lipinski definition) is 3. The summed E-state index contributed by atoms with van der Waals surface area (Å²) in [7, 11) is -3.97. The number of sulfone groups is 1. The molecule has 4 rings (SSSR count). The molecule has 0 fully saturated rings. The number of aromatic nitrogens is 1. The molecule has 4 aromatic rings. The SMILES string of the molecule is CC(C)c1ccc2c(c1)c(S(=O)(=O)c1ccccc1)c(CC(C)(C)C(=O)O)n2Cc1ccccc1Cl. The van der Waals surface area contributed by atoms with Gasteiger partial charge >= 0.3 is 5.97 Å². The van der Waals surface area contributed by atoms with E-state index in [2.05, 4.69) is 13.8 Å². The lowest BCUT2D eigenvalue weighted by molar-refractivity contribution is -0.146.